The van der Waals surface area contributed by atoms with Gasteiger partial charge in [0.25, 0.3) is 0 Å². The Morgan fingerprint density at radius 1 is 1.13 bits per heavy atom. The minimum atomic E-state index is -0.495. The smallest absolute Gasteiger partial charge is 0.349 e. The second-order valence-electron chi connectivity index (χ2n) is 4.63. The molecule has 0 radical (unpaired) electrons. The zero-order valence-corrected chi connectivity index (χ0v) is 9.19. The van der Waals surface area contributed by atoms with Crippen LogP contribution >= 0.6 is 0 Å². The van der Waals surface area contributed by atoms with Crippen LogP contribution in [0.3, 0.4) is 0 Å². The number of rotatable bonds is 0. The normalized spacial score (nSPS) is 16.5. The summed E-state index contributed by atoms with van der Waals surface area (Å²) in [4.78, 5) is 23.8. The average Bonchev–Trinajstić information content (AvgIpc) is 2.39. The highest BCUT2D eigenvalue weighted by Gasteiger charge is 2.25. The third-order valence-corrected chi connectivity index (χ3v) is 2.45. The van der Waals surface area contributed by atoms with Gasteiger partial charge in [0.15, 0.2) is 0 Å². The van der Waals surface area contributed by atoms with Gasteiger partial charge in [-0.2, -0.15) is 0 Å². The Kier molecular flexibility index (Phi) is 2.11. The summed E-state index contributed by atoms with van der Waals surface area (Å²) in [5, 5.41) is 0. The van der Waals surface area contributed by atoms with E-state index in [1.807, 2.05) is 20.8 Å². The van der Waals surface area contributed by atoms with E-state index in [2.05, 4.69) is 0 Å². The van der Waals surface area contributed by atoms with E-state index in [1.54, 1.807) is 0 Å². The van der Waals surface area contributed by atoms with Gasteiger partial charge in [-0.25, -0.2) is 23.5 Å². The molecule has 84 valence electrons. The molecule has 0 saturated heterocycles. The fraction of sp³-hybridized carbons (Fsp3) is 0.778. The van der Waals surface area contributed by atoms with E-state index in [0.29, 0.717) is 13.2 Å². The molecule has 0 atom stereocenters. The Balaban J connectivity index is 2.74. The van der Waals surface area contributed by atoms with Gasteiger partial charge in [-0.3, -0.25) is 0 Å². The highest BCUT2D eigenvalue weighted by molar-refractivity contribution is 4.83. The summed E-state index contributed by atoms with van der Waals surface area (Å²) < 4.78 is 9.20. The van der Waals surface area contributed by atoms with Gasteiger partial charge in [-0.15, -0.1) is 0 Å². The van der Waals surface area contributed by atoms with Crippen molar-refractivity contribution in [1.82, 2.24) is 13.9 Å². The van der Waals surface area contributed by atoms with Gasteiger partial charge in [0, 0.05) is 5.54 Å². The summed E-state index contributed by atoms with van der Waals surface area (Å²) in [5.41, 5.74) is -1.05. The van der Waals surface area contributed by atoms with Gasteiger partial charge >= 0.3 is 11.4 Å². The van der Waals surface area contributed by atoms with Crippen LogP contribution in [0.15, 0.2) is 9.59 Å². The first-order chi connectivity index (χ1) is 6.93. The van der Waals surface area contributed by atoms with Crippen molar-refractivity contribution in [2.75, 3.05) is 6.61 Å². The maximum Gasteiger partial charge on any atom is 0.349 e. The number of ether oxygens (including phenoxy) is 1. The SMILES string of the molecule is CC(C)(C)n1c(=O)n2n(c1=O)COCC2. The quantitative estimate of drug-likeness (QED) is 0.586. The number of fused-ring (bicyclic) bond motifs is 1. The molecule has 0 spiro atoms. The Labute approximate surface area is 86.7 Å². The van der Waals surface area contributed by atoms with Crippen molar-refractivity contribution in [3.63, 3.8) is 0 Å². The third kappa shape index (κ3) is 1.45. The van der Waals surface area contributed by atoms with E-state index in [0.717, 1.165) is 0 Å². The third-order valence-electron chi connectivity index (χ3n) is 2.45. The van der Waals surface area contributed by atoms with Crippen molar-refractivity contribution in [1.29, 1.82) is 0 Å². The van der Waals surface area contributed by atoms with E-state index in [4.69, 9.17) is 4.74 Å². The fourth-order valence-corrected chi connectivity index (χ4v) is 1.74. The first-order valence-electron chi connectivity index (χ1n) is 4.94. The molecule has 0 N–H and O–H groups in total. The lowest BCUT2D eigenvalue weighted by Crippen LogP contribution is -2.40. The highest BCUT2D eigenvalue weighted by Crippen LogP contribution is 2.08. The summed E-state index contributed by atoms with van der Waals surface area (Å²) in [6.45, 7) is 6.59. The molecule has 0 amide bonds. The zero-order chi connectivity index (χ0) is 11.2. The number of hydrogen-bond acceptors (Lipinski definition) is 3. The second-order valence-corrected chi connectivity index (χ2v) is 4.63. The van der Waals surface area contributed by atoms with Gasteiger partial charge in [0.2, 0.25) is 0 Å². The Bertz CT molecular complexity index is 449. The minimum absolute atomic E-state index is 0.164. The van der Waals surface area contributed by atoms with Crippen molar-refractivity contribution in [3.05, 3.63) is 21.0 Å². The molecule has 0 unspecified atom stereocenters. The molecule has 2 rings (SSSR count). The van der Waals surface area contributed by atoms with Crippen molar-refractivity contribution >= 4 is 0 Å². The Morgan fingerprint density at radius 3 is 2.27 bits per heavy atom. The van der Waals surface area contributed by atoms with Crippen LogP contribution in [0.4, 0.5) is 0 Å². The van der Waals surface area contributed by atoms with Crippen LogP contribution in [-0.4, -0.2) is 20.5 Å². The fourth-order valence-electron chi connectivity index (χ4n) is 1.74. The van der Waals surface area contributed by atoms with Crippen LogP contribution < -0.4 is 11.4 Å². The predicted molar refractivity (Wildman–Crippen MR) is 53.9 cm³/mol. The maximum absolute atomic E-state index is 11.9. The van der Waals surface area contributed by atoms with Crippen molar-refractivity contribution in [2.45, 2.75) is 39.6 Å². The monoisotopic (exact) mass is 213 g/mol. The van der Waals surface area contributed by atoms with Crippen LogP contribution in [0, 0.1) is 0 Å². The summed E-state index contributed by atoms with van der Waals surface area (Å²) in [6.07, 6.45) is 0. The summed E-state index contributed by atoms with van der Waals surface area (Å²) in [5.74, 6) is 0. The Morgan fingerprint density at radius 2 is 1.73 bits per heavy atom. The molecule has 15 heavy (non-hydrogen) atoms. The van der Waals surface area contributed by atoms with Crippen molar-refractivity contribution in [2.24, 2.45) is 0 Å². The number of hydrogen-bond donors (Lipinski definition) is 0. The molecule has 0 bridgehead atoms. The number of aromatic nitrogens is 3. The molecule has 0 aliphatic carbocycles. The number of nitrogens with zero attached hydrogens (tertiary/aromatic N) is 3. The first kappa shape index (κ1) is 10.2. The van der Waals surface area contributed by atoms with Gasteiger partial charge in [0.1, 0.15) is 6.73 Å². The van der Waals surface area contributed by atoms with Crippen LogP contribution in [-0.2, 0) is 23.6 Å². The van der Waals surface area contributed by atoms with E-state index in [-0.39, 0.29) is 18.1 Å². The molecule has 1 aromatic rings. The van der Waals surface area contributed by atoms with E-state index < -0.39 is 5.54 Å². The predicted octanol–water partition coefficient (Wildman–Crippen LogP) is -0.446. The molecule has 0 aromatic carbocycles. The lowest BCUT2D eigenvalue weighted by molar-refractivity contribution is 0.0118. The zero-order valence-electron chi connectivity index (χ0n) is 9.19. The molecular formula is C9H15N3O3. The van der Waals surface area contributed by atoms with Crippen LogP contribution in [0.25, 0.3) is 0 Å². The molecule has 0 saturated carbocycles. The topological polar surface area (TPSA) is 58.2 Å². The maximum atomic E-state index is 11.9. The lowest BCUT2D eigenvalue weighted by Gasteiger charge is -2.17. The molecule has 1 aliphatic heterocycles. The Hall–Kier alpha value is -1.30. The summed E-state index contributed by atoms with van der Waals surface area (Å²) >= 11 is 0. The summed E-state index contributed by atoms with van der Waals surface area (Å²) in [6, 6.07) is 0. The molecule has 0 fully saturated rings. The van der Waals surface area contributed by atoms with Gasteiger partial charge in [-0.05, 0) is 20.8 Å². The van der Waals surface area contributed by atoms with Crippen LogP contribution in [0.2, 0.25) is 0 Å². The molecular weight excluding hydrogens is 198 g/mol. The van der Waals surface area contributed by atoms with E-state index in [9.17, 15) is 9.59 Å². The minimum Gasteiger partial charge on any atom is -0.357 e. The molecule has 1 aliphatic rings. The highest BCUT2D eigenvalue weighted by atomic mass is 16.5. The second kappa shape index (κ2) is 3.10. The lowest BCUT2D eigenvalue weighted by atomic mass is 10.1. The molecule has 2 heterocycles. The molecule has 1 aromatic heterocycles. The van der Waals surface area contributed by atoms with Crippen molar-refractivity contribution < 1.29 is 4.74 Å². The summed E-state index contributed by atoms with van der Waals surface area (Å²) in [7, 11) is 0. The van der Waals surface area contributed by atoms with E-state index >= 15 is 0 Å². The average molecular weight is 213 g/mol. The van der Waals surface area contributed by atoms with Gasteiger partial charge in [0.05, 0.1) is 13.2 Å². The molecule has 6 heteroatoms. The standard InChI is InChI=1S/C9H15N3O3/c1-9(2,3)12-7(13)10-4-5-15-6-11(10)8(12)14/h4-6H2,1-3H3. The largest absolute Gasteiger partial charge is 0.357 e. The molecule has 6 nitrogen and oxygen atoms in total. The van der Waals surface area contributed by atoms with Gasteiger partial charge < -0.3 is 4.74 Å². The first-order valence-corrected chi connectivity index (χ1v) is 4.94. The van der Waals surface area contributed by atoms with Crippen LogP contribution in [0.5, 0.6) is 0 Å². The van der Waals surface area contributed by atoms with Crippen LogP contribution in [0.1, 0.15) is 20.8 Å². The van der Waals surface area contributed by atoms with Crippen molar-refractivity contribution in [3.8, 4) is 0 Å². The van der Waals surface area contributed by atoms with Gasteiger partial charge in [-0.1, -0.05) is 0 Å². The van der Waals surface area contributed by atoms with E-state index in [1.165, 1.54) is 13.9 Å².